The van der Waals surface area contributed by atoms with Crippen molar-refractivity contribution < 1.29 is 9.90 Å². The zero-order valence-corrected chi connectivity index (χ0v) is 11.6. The summed E-state index contributed by atoms with van der Waals surface area (Å²) in [4.78, 5) is 16.5. The minimum atomic E-state index is -0.388. The summed E-state index contributed by atoms with van der Waals surface area (Å²) < 4.78 is 0. The number of nitrogens with zero attached hydrogens (tertiary/aromatic N) is 1. The van der Waals surface area contributed by atoms with Gasteiger partial charge < -0.3 is 10.4 Å². The molecule has 4 nitrogen and oxygen atoms in total. The maximum Gasteiger partial charge on any atom is 0.259 e. The number of amides is 1. The van der Waals surface area contributed by atoms with Crippen LogP contribution in [0.4, 0.5) is 5.69 Å². The minimum absolute atomic E-state index is 0.0635. The van der Waals surface area contributed by atoms with E-state index in [1.165, 1.54) is 6.07 Å². The van der Waals surface area contributed by atoms with Gasteiger partial charge in [-0.3, -0.25) is 9.78 Å². The van der Waals surface area contributed by atoms with E-state index < -0.39 is 0 Å². The summed E-state index contributed by atoms with van der Waals surface area (Å²) in [6.07, 6.45) is 1.61. The standard InChI is InChI=1S/C16H11ClN2O2/c17-10-5-6-13-12(9-10)14(7-8-18-13)19-16(21)11-3-1-2-4-15(11)20/h1-9,20H,(H,18,19,21). The number of phenols is 1. The Kier molecular flexibility index (Phi) is 3.46. The molecule has 1 heterocycles. The Morgan fingerprint density at radius 2 is 1.95 bits per heavy atom. The summed E-state index contributed by atoms with van der Waals surface area (Å²) in [6.45, 7) is 0. The van der Waals surface area contributed by atoms with Crippen molar-refractivity contribution >= 4 is 34.1 Å². The van der Waals surface area contributed by atoms with E-state index in [1.54, 1.807) is 48.7 Å². The number of fused-ring (bicyclic) bond motifs is 1. The first-order chi connectivity index (χ1) is 10.1. The fourth-order valence-electron chi connectivity index (χ4n) is 2.08. The zero-order chi connectivity index (χ0) is 14.8. The molecule has 0 aliphatic heterocycles. The molecule has 0 aliphatic rings. The van der Waals surface area contributed by atoms with Crippen LogP contribution in [0.1, 0.15) is 10.4 Å². The largest absolute Gasteiger partial charge is 0.507 e. The first-order valence-corrected chi connectivity index (χ1v) is 6.66. The molecular formula is C16H11ClN2O2. The van der Waals surface area contributed by atoms with Crippen LogP contribution in [-0.2, 0) is 0 Å². The number of hydrogen-bond acceptors (Lipinski definition) is 3. The SMILES string of the molecule is O=C(Nc1ccnc2ccc(Cl)cc12)c1ccccc1O. The van der Waals surface area contributed by atoms with Crippen LogP contribution in [-0.4, -0.2) is 16.0 Å². The van der Waals surface area contributed by atoms with Gasteiger partial charge in [0.15, 0.2) is 0 Å². The molecule has 1 amide bonds. The number of para-hydroxylation sites is 1. The van der Waals surface area contributed by atoms with Crippen LogP contribution in [0.3, 0.4) is 0 Å². The van der Waals surface area contributed by atoms with Gasteiger partial charge >= 0.3 is 0 Å². The fraction of sp³-hybridized carbons (Fsp3) is 0. The van der Waals surface area contributed by atoms with Crippen LogP contribution in [0, 0.1) is 0 Å². The number of aromatic hydroxyl groups is 1. The maximum atomic E-state index is 12.2. The van der Waals surface area contributed by atoms with Gasteiger partial charge in [0.05, 0.1) is 16.8 Å². The first-order valence-electron chi connectivity index (χ1n) is 6.29. The summed E-state index contributed by atoms with van der Waals surface area (Å²) in [6, 6.07) is 13.3. The highest BCUT2D eigenvalue weighted by Gasteiger charge is 2.12. The molecule has 21 heavy (non-hydrogen) atoms. The van der Waals surface area contributed by atoms with E-state index >= 15 is 0 Å². The highest BCUT2D eigenvalue weighted by atomic mass is 35.5. The average Bonchev–Trinajstić information content (AvgIpc) is 2.48. The van der Waals surface area contributed by atoms with E-state index in [4.69, 9.17) is 11.6 Å². The highest BCUT2D eigenvalue weighted by Crippen LogP contribution is 2.26. The number of carbonyl (C=O) groups excluding carboxylic acids is 1. The van der Waals surface area contributed by atoms with Gasteiger partial charge in [-0.15, -0.1) is 0 Å². The molecule has 0 spiro atoms. The lowest BCUT2D eigenvalue weighted by atomic mass is 10.1. The second-order valence-corrected chi connectivity index (χ2v) is 4.93. The summed E-state index contributed by atoms with van der Waals surface area (Å²) in [5.74, 6) is -0.452. The lowest BCUT2D eigenvalue weighted by molar-refractivity contribution is 0.102. The highest BCUT2D eigenvalue weighted by molar-refractivity contribution is 6.31. The van der Waals surface area contributed by atoms with Crippen molar-refractivity contribution in [2.45, 2.75) is 0 Å². The van der Waals surface area contributed by atoms with Crippen LogP contribution in [0.2, 0.25) is 5.02 Å². The van der Waals surface area contributed by atoms with Gasteiger partial charge in [-0.25, -0.2) is 0 Å². The molecule has 2 N–H and O–H groups in total. The lowest BCUT2D eigenvalue weighted by Gasteiger charge is -2.09. The minimum Gasteiger partial charge on any atom is -0.507 e. The van der Waals surface area contributed by atoms with Crippen molar-refractivity contribution in [2.24, 2.45) is 0 Å². The monoisotopic (exact) mass is 298 g/mol. The summed E-state index contributed by atoms with van der Waals surface area (Å²) in [7, 11) is 0. The van der Waals surface area contributed by atoms with Crippen LogP contribution < -0.4 is 5.32 Å². The van der Waals surface area contributed by atoms with Crippen molar-refractivity contribution in [3.63, 3.8) is 0 Å². The molecule has 0 saturated heterocycles. The number of carbonyl (C=O) groups is 1. The van der Waals surface area contributed by atoms with E-state index in [2.05, 4.69) is 10.3 Å². The van der Waals surface area contributed by atoms with E-state index in [9.17, 15) is 9.90 Å². The maximum absolute atomic E-state index is 12.2. The number of anilines is 1. The number of halogens is 1. The molecule has 0 fully saturated rings. The van der Waals surface area contributed by atoms with Crippen molar-refractivity contribution in [1.29, 1.82) is 0 Å². The van der Waals surface area contributed by atoms with Gasteiger partial charge in [0, 0.05) is 16.6 Å². The third kappa shape index (κ3) is 2.66. The van der Waals surface area contributed by atoms with Gasteiger partial charge in [0.25, 0.3) is 5.91 Å². The predicted molar refractivity (Wildman–Crippen MR) is 82.8 cm³/mol. The second-order valence-electron chi connectivity index (χ2n) is 4.49. The van der Waals surface area contributed by atoms with E-state index in [0.29, 0.717) is 10.7 Å². The summed E-state index contributed by atoms with van der Waals surface area (Å²) in [5, 5.41) is 13.8. The van der Waals surface area contributed by atoms with E-state index in [0.717, 1.165) is 10.9 Å². The Bertz CT molecular complexity index is 833. The van der Waals surface area contributed by atoms with Crippen LogP contribution in [0.15, 0.2) is 54.7 Å². The number of benzene rings is 2. The summed E-state index contributed by atoms with van der Waals surface area (Å²) in [5.41, 5.74) is 1.54. The lowest BCUT2D eigenvalue weighted by Crippen LogP contribution is -2.12. The molecule has 104 valence electrons. The molecule has 3 rings (SSSR count). The number of nitrogens with one attached hydrogen (secondary N) is 1. The predicted octanol–water partition coefficient (Wildman–Crippen LogP) is 3.85. The zero-order valence-electron chi connectivity index (χ0n) is 10.9. The Hall–Kier alpha value is -2.59. The molecule has 0 saturated carbocycles. The van der Waals surface area contributed by atoms with Crippen molar-refractivity contribution in [3.05, 3.63) is 65.3 Å². The molecule has 0 aliphatic carbocycles. The normalized spacial score (nSPS) is 10.5. The third-order valence-electron chi connectivity index (χ3n) is 3.10. The molecule has 0 atom stereocenters. The van der Waals surface area contributed by atoms with Crippen LogP contribution in [0.25, 0.3) is 10.9 Å². The number of pyridine rings is 1. The number of rotatable bonds is 2. The molecule has 0 radical (unpaired) electrons. The van der Waals surface area contributed by atoms with Crippen LogP contribution >= 0.6 is 11.6 Å². The van der Waals surface area contributed by atoms with Gasteiger partial charge in [0.2, 0.25) is 0 Å². The number of aromatic nitrogens is 1. The van der Waals surface area contributed by atoms with Gasteiger partial charge in [0.1, 0.15) is 5.75 Å². The third-order valence-corrected chi connectivity index (χ3v) is 3.34. The number of hydrogen-bond donors (Lipinski definition) is 2. The van der Waals surface area contributed by atoms with E-state index in [-0.39, 0.29) is 17.2 Å². The molecule has 3 aromatic rings. The Balaban J connectivity index is 2.00. The van der Waals surface area contributed by atoms with Gasteiger partial charge in [-0.1, -0.05) is 23.7 Å². The van der Waals surface area contributed by atoms with E-state index in [1.807, 2.05) is 0 Å². The topological polar surface area (TPSA) is 62.2 Å². The smallest absolute Gasteiger partial charge is 0.259 e. The molecule has 0 unspecified atom stereocenters. The first kappa shape index (κ1) is 13.4. The molecule has 5 heteroatoms. The van der Waals surface area contributed by atoms with Crippen molar-refractivity contribution in [2.75, 3.05) is 5.32 Å². The quantitative estimate of drug-likeness (QED) is 0.755. The fourth-order valence-corrected chi connectivity index (χ4v) is 2.25. The number of phenolic OH excluding ortho intramolecular Hbond substituents is 1. The molecule has 1 aromatic heterocycles. The summed E-state index contributed by atoms with van der Waals surface area (Å²) >= 11 is 5.99. The second kappa shape index (κ2) is 5.42. The van der Waals surface area contributed by atoms with Crippen molar-refractivity contribution in [1.82, 2.24) is 4.98 Å². The Labute approximate surface area is 126 Å². The molecule has 2 aromatic carbocycles. The average molecular weight is 299 g/mol. The molecule has 0 bridgehead atoms. The molecular weight excluding hydrogens is 288 g/mol. The van der Waals surface area contributed by atoms with Crippen molar-refractivity contribution in [3.8, 4) is 5.75 Å². The van der Waals surface area contributed by atoms with Gasteiger partial charge in [-0.05, 0) is 36.4 Å². The van der Waals surface area contributed by atoms with Crippen LogP contribution in [0.5, 0.6) is 5.75 Å². The Morgan fingerprint density at radius 1 is 1.14 bits per heavy atom. The Morgan fingerprint density at radius 3 is 2.76 bits per heavy atom. The van der Waals surface area contributed by atoms with Gasteiger partial charge in [-0.2, -0.15) is 0 Å².